The number of ether oxygens (including phenoxy) is 2. The molecule has 0 saturated heterocycles. The maximum absolute atomic E-state index is 11.0. The molecular weight excluding hydrogens is 300 g/mol. The van der Waals surface area contributed by atoms with Crippen LogP contribution in [0, 0.1) is 0 Å². The van der Waals surface area contributed by atoms with Crippen LogP contribution < -0.4 is 9.47 Å². The quantitative estimate of drug-likeness (QED) is 0.794. The molecule has 6 heteroatoms. The van der Waals surface area contributed by atoms with Gasteiger partial charge in [-0.25, -0.2) is 9.59 Å². The molecule has 0 radical (unpaired) electrons. The number of hydrogen-bond acceptors (Lipinski definition) is 4. The van der Waals surface area contributed by atoms with Crippen LogP contribution in [-0.4, -0.2) is 27.9 Å². The molecule has 0 unspecified atom stereocenters. The fraction of sp³-hybridized carbons (Fsp3) is 0.176. The molecule has 0 aliphatic rings. The van der Waals surface area contributed by atoms with Gasteiger partial charge < -0.3 is 19.7 Å². The summed E-state index contributed by atoms with van der Waals surface area (Å²) < 4.78 is 11.3. The minimum atomic E-state index is -1.12. The lowest BCUT2D eigenvalue weighted by Gasteiger charge is -2.27. The second-order valence-corrected chi connectivity index (χ2v) is 5.27. The van der Waals surface area contributed by atoms with Crippen LogP contribution >= 0.6 is 0 Å². The smallest absolute Gasteiger partial charge is 0.335 e. The van der Waals surface area contributed by atoms with Gasteiger partial charge in [0.1, 0.15) is 11.5 Å². The Labute approximate surface area is 132 Å². The van der Waals surface area contributed by atoms with Gasteiger partial charge >= 0.3 is 11.9 Å². The van der Waals surface area contributed by atoms with Gasteiger partial charge in [0.25, 0.3) is 0 Å². The van der Waals surface area contributed by atoms with Crippen molar-refractivity contribution in [3.05, 3.63) is 59.7 Å². The van der Waals surface area contributed by atoms with Gasteiger partial charge in [-0.1, -0.05) is 12.1 Å². The number of carboxylic acid groups (broad SMARTS) is 2. The fourth-order valence-electron chi connectivity index (χ4n) is 1.97. The van der Waals surface area contributed by atoms with Gasteiger partial charge in [0.2, 0.25) is 5.79 Å². The summed E-state index contributed by atoms with van der Waals surface area (Å²) in [6.45, 7) is 3.29. The van der Waals surface area contributed by atoms with E-state index in [1.54, 1.807) is 38.1 Å². The Balaban J connectivity index is 2.16. The molecule has 0 fully saturated rings. The van der Waals surface area contributed by atoms with E-state index in [2.05, 4.69) is 0 Å². The van der Waals surface area contributed by atoms with Crippen molar-refractivity contribution in [2.24, 2.45) is 0 Å². The van der Waals surface area contributed by atoms with E-state index >= 15 is 0 Å². The molecule has 6 nitrogen and oxygen atoms in total. The monoisotopic (exact) mass is 316 g/mol. The Bertz CT molecular complexity index is 674. The highest BCUT2D eigenvalue weighted by Crippen LogP contribution is 2.24. The molecule has 0 aliphatic carbocycles. The zero-order chi connectivity index (χ0) is 17.0. The first-order chi connectivity index (χ1) is 10.8. The number of hydrogen-bond donors (Lipinski definition) is 2. The molecule has 0 saturated carbocycles. The molecule has 2 aromatic carbocycles. The predicted molar refractivity (Wildman–Crippen MR) is 82.1 cm³/mol. The number of aromatic carboxylic acids is 2. The lowest BCUT2D eigenvalue weighted by molar-refractivity contribution is -0.0810. The maximum atomic E-state index is 11.0. The summed E-state index contributed by atoms with van der Waals surface area (Å²) in [6.07, 6.45) is 0. The molecular formula is C17H16O6. The highest BCUT2D eigenvalue weighted by Gasteiger charge is 2.23. The van der Waals surface area contributed by atoms with Crippen molar-refractivity contribution >= 4 is 11.9 Å². The summed E-state index contributed by atoms with van der Waals surface area (Å²) >= 11 is 0. The third kappa shape index (κ3) is 4.47. The van der Waals surface area contributed by atoms with Crippen molar-refractivity contribution in [2.45, 2.75) is 19.6 Å². The van der Waals surface area contributed by atoms with Crippen molar-refractivity contribution in [3.8, 4) is 11.5 Å². The average Bonchev–Trinajstić information content (AvgIpc) is 2.46. The second-order valence-electron chi connectivity index (χ2n) is 5.27. The molecule has 0 heterocycles. The van der Waals surface area contributed by atoms with Crippen LogP contribution in [-0.2, 0) is 0 Å². The standard InChI is InChI=1S/C17H16O6/c1-17(2,22-13-7-3-5-11(9-13)15(18)19)23-14-8-4-6-12(10-14)16(20)21/h3-10H,1-2H3,(H,18,19)(H,20,21). The average molecular weight is 316 g/mol. The van der Waals surface area contributed by atoms with Crippen LogP contribution in [0.1, 0.15) is 34.6 Å². The van der Waals surface area contributed by atoms with Gasteiger partial charge in [0.05, 0.1) is 11.1 Å². The maximum Gasteiger partial charge on any atom is 0.335 e. The molecule has 2 N–H and O–H groups in total. The zero-order valence-electron chi connectivity index (χ0n) is 12.6. The van der Waals surface area contributed by atoms with Crippen LogP contribution in [0.3, 0.4) is 0 Å². The lowest BCUT2D eigenvalue weighted by atomic mass is 10.2. The van der Waals surface area contributed by atoms with Crippen molar-refractivity contribution < 1.29 is 29.3 Å². The van der Waals surface area contributed by atoms with Crippen molar-refractivity contribution in [1.82, 2.24) is 0 Å². The Kier molecular flexibility index (Phi) is 4.55. The van der Waals surface area contributed by atoms with E-state index in [1.807, 2.05) is 0 Å². The van der Waals surface area contributed by atoms with Crippen molar-refractivity contribution in [3.63, 3.8) is 0 Å². The van der Waals surface area contributed by atoms with Crippen LogP contribution in [0.4, 0.5) is 0 Å². The Morgan fingerprint density at radius 3 is 1.57 bits per heavy atom. The van der Waals surface area contributed by atoms with Crippen LogP contribution in [0.15, 0.2) is 48.5 Å². The van der Waals surface area contributed by atoms with Gasteiger partial charge in [-0.2, -0.15) is 0 Å². The van der Waals surface area contributed by atoms with E-state index in [0.717, 1.165) is 0 Å². The third-order valence-corrected chi connectivity index (χ3v) is 2.89. The Morgan fingerprint density at radius 2 is 1.22 bits per heavy atom. The van der Waals surface area contributed by atoms with Gasteiger partial charge in [-0.05, 0) is 36.4 Å². The van der Waals surface area contributed by atoms with Crippen molar-refractivity contribution in [2.75, 3.05) is 0 Å². The van der Waals surface area contributed by atoms with E-state index in [-0.39, 0.29) is 11.1 Å². The number of rotatable bonds is 6. The minimum absolute atomic E-state index is 0.103. The van der Waals surface area contributed by atoms with E-state index in [4.69, 9.17) is 19.7 Å². The van der Waals surface area contributed by atoms with Crippen LogP contribution in [0.5, 0.6) is 11.5 Å². The largest absolute Gasteiger partial charge is 0.478 e. The minimum Gasteiger partial charge on any atom is -0.478 e. The SMILES string of the molecule is CC(C)(Oc1cccc(C(=O)O)c1)Oc1cccc(C(=O)O)c1. The third-order valence-electron chi connectivity index (χ3n) is 2.89. The lowest BCUT2D eigenvalue weighted by Crippen LogP contribution is -2.35. The molecule has 0 aliphatic heterocycles. The number of carbonyl (C=O) groups is 2. The summed E-state index contributed by atoms with van der Waals surface area (Å²) in [5, 5.41) is 18.0. The van der Waals surface area contributed by atoms with Gasteiger partial charge in [0, 0.05) is 13.8 Å². The van der Waals surface area contributed by atoms with E-state index in [1.165, 1.54) is 24.3 Å². The first kappa shape index (κ1) is 16.4. The van der Waals surface area contributed by atoms with Crippen LogP contribution in [0.25, 0.3) is 0 Å². The van der Waals surface area contributed by atoms with Gasteiger partial charge in [-0.15, -0.1) is 0 Å². The fourth-order valence-corrected chi connectivity index (χ4v) is 1.97. The highest BCUT2D eigenvalue weighted by molar-refractivity contribution is 5.88. The van der Waals surface area contributed by atoms with E-state index in [9.17, 15) is 9.59 Å². The molecule has 2 aromatic rings. The summed E-state index contributed by atoms with van der Waals surface area (Å²) in [7, 11) is 0. The van der Waals surface area contributed by atoms with E-state index < -0.39 is 17.7 Å². The normalized spacial score (nSPS) is 10.9. The van der Waals surface area contributed by atoms with Crippen molar-refractivity contribution in [1.29, 1.82) is 0 Å². The highest BCUT2D eigenvalue weighted by atomic mass is 16.7. The van der Waals surface area contributed by atoms with Crippen LogP contribution in [0.2, 0.25) is 0 Å². The number of benzene rings is 2. The summed E-state index contributed by atoms with van der Waals surface area (Å²) in [5.41, 5.74) is 0.206. The second kappa shape index (κ2) is 6.39. The van der Waals surface area contributed by atoms with E-state index in [0.29, 0.717) is 11.5 Å². The number of carboxylic acids is 2. The molecule has 0 amide bonds. The summed E-state index contributed by atoms with van der Waals surface area (Å²) in [4.78, 5) is 21.9. The first-order valence-electron chi connectivity index (χ1n) is 6.81. The van der Waals surface area contributed by atoms with Gasteiger partial charge in [-0.3, -0.25) is 0 Å². The molecule has 0 atom stereocenters. The molecule has 0 spiro atoms. The summed E-state index contributed by atoms with van der Waals surface area (Å²) in [5.74, 6) is -2.55. The summed E-state index contributed by atoms with van der Waals surface area (Å²) in [6, 6.07) is 12.1. The topological polar surface area (TPSA) is 93.1 Å². The molecule has 23 heavy (non-hydrogen) atoms. The predicted octanol–water partition coefficient (Wildman–Crippen LogP) is 3.28. The Hall–Kier alpha value is -3.02. The molecule has 0 aromatic heterocycles. The zero-order valence-corrected chi connectivity index (χ0v) is 12.6. The molecule has 120 valence electrons. The first-order valence-corrected chi connectivity index (χ1v) is 6.81. The molecule has 0 bridgehead atoms. The Morgan fingerprint density at radius 1 is 0.826 bits per heavy atom. The molecule has 2 rings (SSSR count). The van der Waals surface area contributed by atoms with Gasteiger partial charge in [0.15, 0.2) is 0 Å².